The number of aryl methyl sites for hydroxylation is 1. The molecule has 0 atom stereocenters. The molecule has 126 valence electrons. The first-order valence-corrected chi connectivity index (χ1v) is 8.49. The lowest BCUT2D eigenvalue weighted by atomic mass is 10.1. The normalized spacial score (nSPS) is 10.4. The van der Waals surface area contributed by atoms with Crippen molar-refractivity contribution in [2.24, 2.45) is 0 Å². The zero-order chi connectivity index (χ0) is 17.7. The number of Topliss-reactive ketones (excluding diaryl/α,β-unsaturated/α-hetero) is 1. The summed E-state index contributed by atoms with van der Waals surface area (Å²) in [6.45, 7) is 3.72. The number of nitrogens with one attached hydrogen (secondary N) is 1. The van der Waals surface area contributed by atoms with Crippen LogP contribution in [0.15, 0.2) is 30.3 Å². The summed E-state index contributed by atoms with van der Waals surface area (Å²) in [6.07, 6.45) is 0.695. The van der Waals surface area contributed by atoms with Gasteiger partial charge in [0.1, 0.15) is 5.00 Å². The van der Waals surface area contributed by atoms with Crippen molar-refractivity contribution in [3.05, 3.63) is 51.9 Å². The predicted octanol–water partition coefficient (Wildman–Crippen LogP) is 3.92. The molecule has 2 aromatic rings. The van der Waals surface area contributed by atoms with Crippen molar-refractivity contribution >= 4 is 34.0 Å². The lowest BCUT2D eigenvalue weighted by Crippen LogP contribution is -2.15. The van der Waals surface area contributed by atoms with E-state index in [0.717, 1.165) is 10.4 Å². The molecule has 0 saturated heterocycles. The van der Waals surface area contributed by atoms with Crippen molar-refractivity contribution < 1.29 is 19.5 Å². The second kappa shape index (κ2) is 7.88. The van der Waals surface area contributed by atoms with Crippen molar-refractivity contribution in [1.82, 2.24) is 0 Å². The SMILES string of the molecule is CCc1c(C)sc(NC(=O)CCC(=O)c2ccccc2)c1C(=O)O. The van der Waals surface area contributed by atoms with E-state index in [9.17, 15) is 19.5 Å². The largest absolute Gasteiger partial charge is 0.478 e. The molecule has 0 aliphatic rings. The minimum Gasteiger partial charge on any atom is -0.478 e. The van der Waals surface area contributed by atoms with E-state index < -0.39 is 5.97 Å². The van der Waals surface area contributed by atoms with Gasteiger partial charge in [-0.2, -0.15) is 0 Å². The zero-order valence-corrected chi connectivity index (χ0v) is 14.4. The molecule has 0 unspecified atom stereocenters. The summed E-state index contributed by atoms with van der Waals surface area (Å²) < 4.78 is 0. The molecule has 0 saturated carbocycles. The van der Waals surface area contributed by atoms with E-state index in [1.165, 1.54) is 11.3 Å². The van der Waals surface area contributed by atoms with Crippen LogP contribution in [0.3, 0.4) is 0 Å². The molecule has 2 rings (SSSR count). The van der Waals surface area contributed by atoms with Gasteiger partial charge in [-0.25, -0.2) is 4.79 Å². The molecule has 1 aromatic carbocycles. The Labute approximate surface area is 144 Å². The van der Waals surface area contributed by atoms with Crippen LogP contribution in [0.2, 0.25) is 0 Å². The second-order valence-electron chi connectivity index (χ2n) is 5.34. The van der Waals surface area contributed by atoms with Gasteiger partial charge >= 0.3 is 5.97 Å². The fraction of sp³-hybridized carbons (Fsp3) is 0.278. The molecule has 2 N–H and O–H groups in total. The zero-order valence-electron chi connectivity index (χ0n) is 13.6. The Morgan fingerprint density at radius 1 is 1.12 bits per heavy atom. The number of carbonyl (C=O) groups excluding carboxylic acids is 2. The summed E-state index contributed by atoms with van der Waals surface area (Å²) in [5.74, 6) is -1.52. The van der Waals surface area contributed by atoms with Gasteiger partial charge in [0.2, 0.25) is 5.91 Å². The topological polar surface area (TPSA) is 83.5 Å². The Kier molecular flexibility index (Phi) is 5.87. The number of amides is 1. The predicted molar refractivity (Wildman–Crippen MR) is 94.0 cm³/mol. The molecular formula is C18H19NO4S. The maximum Gasteiger partial charge on any atom is 0.339 e. The number of rotatable bonds is 7. The van der Waals surface area contributed by atoms with E-state index in [0.29, 0.717) is 17.0 Å². The van der Waals surface area contributed by atoms with Crippen molar-refractivity contribution in [1.29, 1.82) is 0 Å². The molecule has 24 heavy (non-hydrogen) atoms. The monoisotopic (exact) mass is 345 g/mol. The van der Waals surface area contributed by atoms with Gasteiger partial charge in [-0.1, -0.05) is 37.3 Å². The first kappa shape index (κ1) is 17.9. The minimum atomic E-state index is -1.05. The van der Waals surface area contributed by atoms with E-state index in [-0.39, 0.29) is 30.1 Å². The maximum atomic E-state index is 12.1. The highest BCUT2D eigenvalue weighted by molar-refractivity contribution is 7.16. The van der Waals surface area contributed by atoms with Crippen molar-refractivity contribution in [3.8, 4) is 0 Å². The molecule has 0 radical (unpaired) electrons. The number of hydrogen-bond donors (Lipinski definition) is 2. The number of carbonyl (C=O) groups is 3. The molecule has 5 nitrogen and oxygen atoms in total. The van der Waals surface area contributed by atoms with Gasteiger partial charge in [-0.3, -0.25) is 9.59 Å². The first-order chi connectivity index (χ1) is 11.4. The quantitative estimate of drug-likeness (QED) is 0.745. The number of thiophene rings is 1. The van der Waals surface area contributed by atoms with Crippen LogP contribution >= 0.6 is 11.3 Å². The number of benzene rings is 1. The van der Waals surface area contributed by atoms with Crippen LogP contribution in [0, 0.1) is 6.92 Å². The second-order valence-corrected chi connectivity index (χ2v) is 6.56. The number of anilines is 1. The van der Waals surface area contributed by atoms with Gasteiger partial charge in [0, 0.05) is 23.3 Å². The number of ketones is 1. The van der Waals surface area contributed by atoms with Crippen LogP contribution < -0.4 is 5.32 Å². The Bertz CT molecular complexity index is 765. The maximum absolute atomic E-state index is 12.1. The van der Waals surface area contributed by atoms with Gasteiger partial charge in [0.05, 0.1) is 5.56 Å². The highest BCUT2D eigenvalue weighted by Crippen LogP contribution is 2.33. The summed E-state index contributed by atoms with van der Waals surface area (Å²) in [5.41, 5.74) is 1.46. The van der Waals surface area contributed by atoms with Crippen LogP contribution in [0.5, 0.6) is 0 Å². The van der Waals surface area contributed by atoms with Crippen LogP contribution in [0.4, 0.5) is 5.00 Å². The summed E-state index contributed by atoms with van der Waals surface area (Å²) in [4.78, 5) is 36.4. The molecule has 0 bridgehead atoms. The Balaban J connectivity index is 2.03. The van der Waals surface area contributed by atoms with Gasteiger partial charge in [0.15, 0.2) is 5.78 Å². The summed E-state index contributed by atoms with van der Waals surface area (Å²) >= 11 is 1.26. The van der Waals surface area contributed by atoms with Gasteiger partial charge in [0.25, 0.3) is 0 Å². The van der Waals surface area contributed by atoms with Crippen molar-refractivity contribution in [2.45, 2.75) is 33.1 Å². The fourth-order valence-electron chi connectivity index (χ4n) is 2.50. The van der Waals surface area contributed by atoms with Gasteiger partial charge < -0.3 is 10.4 Å². The molecule has 0 fully saturated rings. The standard InChI is InChI=1S/C18H19NO4S/c1-3-13-11(2)24-17(16(13)18(22)23)19-15(21)10-9-14(20)12-7-5-4-6-8-12/h4-8H,3,9-10H2,1-2H3,(H,19,21)(H,22,23). The molecular weight excluding hydrogens is 326 g/mol. The number of hydrogen-bond acceptors (Lipinski definition) is 4. The van der Waals surface area contributed by atoms with Crippen molar-refractivity contribution in [3.63, 3.8) is 0 Å². The first-order valence-electron chi connectivity index (χ1n) is 7.67. The van der Waals surface area contributed by atoms with Crippen molar-refractivity contribution in [2.75, 3.05) is 5.32 Å². The van der Waals surface area contributed by atoms with Crippen LogP contribution in [0.1, 0.15) is 50.9 Å². The van der Waals surface area contributed by atoms with E-state index in [1.807, 2.05) is 19.9 Å². The summed E-state index contributed by atoms with van der Waals surface area (Å²) in [7, 11) is 0. The molecule has 1 amide bonds. The Morgan fingerprint density at radius 3 is 2.38 bits per heavy atom. The molecule has 0 spiro atoms. The smallest absolute Gasteiger partial charge is 0.339 e. The molecule has 0 aliphatic carbocycles. The highest BCUT2D eigenvalue weighted by atomic mass is 32.1. The van der Waals surface area contributed by atoms with E-state index in [1.54, 1.807) is 24.3 Å². The average Bonchev–Trinajstić information content (AvgIpc) is 2.88. The Morgan fingerprint density at radius 2 is 1.79 bits per heavy atom. The molecule has 1 aromatic heterocycles. The van der Waals surface area contributed by atoms with E-state index in [2.05, 4.69) is 5.32 Å². The number of aromatic carboxylic acids is 1. The lowest BCUT2D eigenvalue weighted by Gasteiger charge is -2.05. The van der Waals surface area contributed by atoms with Crippen LogP contribution in [-0.2, 0) is 11.2 Å². The summed E-state index contributed by atoms with van der Waals surface area (Å²) in [6, 6.07) is 8.78. The highest BCUT2D eigenvalue weighted by Gasteiger charge is 2.22. The minimum absolute atomic E-state index is 0.0190. The third kappa shape index (κ3) is 4.08. The third-order valence-electron chi connectivity index (χ3n) is 3.70. The van der Waals surface area contributed by atoms with Crippen LogP contribution in [0.25, 0.3) is 0 Å². The number of carboxylic acids is 1. The van der Waals surface area contributed by atoms with E-state index in [4.69, 9.17) is 0 Å². The molecule has 0 aliphatic heterocycles. The van der Waals surface area contributed by atoms with Crippen LogP contribution in [-0.4, -0.2) is 22.8 Å². The average molecular weight is 345 g/mol. The molecule has 6 heteroatoms. The summed E-state index contributed by atoms with van der Waals surface area (Å²) in [5, 5.41) is 12.4. The Hall–Kier alpha value is -2.47. The van der Waals surface area contributed by atoms with Gasteiger partial charge in [-0.05, 0) is 18.9 Å². The van der Waals surface area contributed by atoms with E-state index >= 15 is 0 Å². The lowest BCUT2D eigenvalue weighted by molar-refractivity contribution is -0.116. The molecule has 1 heterocycles. The number of carboxylic acid groups (broad SMARTS) is 1. The fourth-order valence-corrected chi connectivity index (χ4v) is 3.66. The third-order valence-corrected chi connectivity index (χ3v) is 4.77. The van der Waals surface area contributed by atoms with Gasteiger partial charge in [-0.15, -0.1) is 11.3 Å².